The molecule has 3 heterocycles. The van der Waals surface area contributed by atoms with Crippen LogP contribution in [0.25, 0.3) is 10.2 Å². The quantitative estimate of drug-likeness (QED) is 0.721. The van der Waals surface area contributed by atoms with Crippen molar-refractivity contribution in [3.63, 3.8) is 0 Å². The minimum atomic E-state index is 0.113. The van der Waals surface area contributed by atoms with E-state index in [0.717, 1.165) is 32.6 Å². The van der Waals surface area contributed by atoms with E-state index < -0.39 is 0 Å². The number of thiophene rings is 1. The van der Waals surface area contributed by atoms with E-state index in [2.05, 4.69) is 31.4 Å². The van der Waals surface area contributed by atoms with E-state index in [1.165, 1.54) is 4.88 Å². The van der Waals surface area contributed by atoms with Gasteiger partial charge in [-0.05, 0) is 41.4 Å². The van der Waals surface area contributed by atoms with Crippen LogP contribution in [0.4, 0.5) is 5.69 Å². The Bertz CT molecular complexity index is 739. The second kappa shape index (κ2) is 6.13. The fourth-order valence-electron chi connectivity index (χ4n) is 2.07. The number of nitrogens with zero attached hydrogens (tertiary/aromatic N) is 2. The average Bonchev–Trinajstić information content (AvgIpc) is 3.06. The molecule has 3 N–H and O–H groups in total. The molecule has 5 nitrogen and oxygen atoms in total. The molecular formula is C14H15BrN4OS. The molecule has 21 heavy (non-hydrogen) atoms. The third kappa shape index (κ3) is 3.09. The predicted molar refractivity (Wildman–Crippen MR) is 88.5 cm³/mol. The summed E-state index contributed by atoms with van der Waals surface area (Å²) in [5.74, 6) is 0.881. The average molecular weight is 367 g/mol. The maximum atomic E-state index is 5.90. The number of furan rings is 1. The monoisotopic (exact) mass is 366 g/mol. The van der Waals surface area contributed by atoms with Gasteiger partial charge in [-0.1, -0.05) is 0 Å². The Kier molecular flexibility index (Phi) is 4.23. The number of aromatic nitrogens is 2. The number of hydrogen-bond donors (Lipinski definition) is 2. The predicted octanol–water partition coefficient (Wildman–Crippen LogP) is 3.55. The lowest BCUT2D eigenvalue weighted by Crippen LogP contribution is -2.17. The number of halogens is 1. The highest BCUT2D eigenvalue weighted by Crippen LogP contribution is 2.38. The van der Waals surface area contributed by atoms with Gasteiger partial charge in [0, 0.05) is 10.9 Å². The molecule has 0 bridgehead atoms. The second-order valence-electron chi connectivity index (χ2n) is 4.89. The van der Waals surface area contributed by atoms with Gasteiger partial charge in [0.05, 0.1) is 33.9 Å². The van der Waals surface area contributed by atoms with Crippen LogP contribution >= 0.6 is 27.3 Å². The van der Waals surface area contributed by atoms with Crippen LogP contribution in [0.5, 0.6) is 0 Å². The van der Waals surface area contributed by atoms with E-state index in [0.29, 0.717) is 6.54 Å². The molecule has 1 atom stereocenters. The molecule has 0 saturated heterocycles. The molecule has 0 radical (unpaired) electrons. The lowest BCUT2D eigenvalue weighted by Gasteiger charge is -2.04. The first-order chi connectivity index (χ1) is 10.1. The summed E-state index contributed by atoms with van der Waals surface area (Å²) in [7, 11) is 0. The molecule has 0 unspecified atom stereocenters. The maximum absolute atomic E-state index is 5.90. The zero-order valence-electron chi connectivity index (χ0n) is 11.5. The topological polar surface area (TPSA) is 77.0 Å². The van der Waals surface area contributed by atoms with E-state index >= 15 is 0 Å². The minimum Gasteiger partial charge on any atom is -0.467 e. The van der Waals surface area contributed by atoms with Crippen LogP contribution in [-0.2, 0) is 13.0 Å². The largest absolute Gasteiger partial charge is 0.467 e. The molecule has 0 aliphatic heterocycles. The third-order valence-corrected chi connectivity index (χ3v) is 5.37. The molecule has 3 aromatic heterocycles. The Morgan fingerprint density at radius 3 is 3.10 bits per heavy atom. The normalized spacial score (nSPS) is 12.7. The van der Waals surface area contributed by atoms with E-state index in [4.69, 9.17) is 10.2 Å². The molecule has 0 aromatic carbocycles. The molecule has 7 heteroatoms. The van der Waals surface area contributed by atoms with E-state index in [1.54, 1.807) is 23.8 Å². The van der Waals surface area contributed by atoms with Crippen LogP contribution < -0.4 is 11.1 Å². The van der Waals surface area contributed by atoms with Gasteiger partial charge in [0.15, 0.2) is 0 Å². The van der Waals surface area contributed by atoms with Crippen LogP contribution in [0.15, 0.2) is 33.5 Å². The number of nitrogens with one attached hydrogen (secondary N) is 1. The van der Waals surface area contributed by atoms with E-state index in [-0.39, 0.29) is 6.04 Å². The number of nitrogens with two attached hydrogens (primary N) is 1. The van der Waals surface area contributed by atoms with Crippen LogP contribution in [0.2, 0.25) is 0 Å². The first-order valence-electron chi connectivity index (χ1n) is 6.59. The fourth-order valence-corrected chi connectivity index (χ4v) is 4.13. The standard InChI is InChI=1S/C14H15BrN4OS/c1-8(16)5-11-12(15)13-14(21-11)10(7-18-19-13)17-6-9-3-2-4-20-9/h2-4,7-8H,5-6,16H2,1H3,(H,17,19)/t8-/m0/s1. The zero-order valence-corrected chi connectivity index (χ0v) is 13.9. The van der Waals surface area contributed by atoms with E-state index in [1.807, 2.05) is 19.1 Å². The van der Waals surface area contributed by atoms with Gasteiger partial charge in [-0.2, -0.15) is 5.10 Å². The van der Waals surface area contributed by atoms with E-state index in [9.17, 15) is 0 Å². The van der Waals surface area contributed by atoms with Crippen molar-refractivity contribution in [1.29, 1.82) is 0 Å². The minimum absolute atomic E-state index is 0.113. The van der Waals surface area contributed by atoms with Gasteiger partial charge in [0.25, 0.3) is 0 Å². The second-order valence-corrected chi connectivity index (χ2v) is 6.79. The van der Waals surface area contributed by atoms with Crippen molar-refractivity contribution in [3.05, 3.63) is 39.7 Å². The summed E-state index contributed by atoms with van der Waals surface area (Å²) in [6.45, 7) is 2.62. The van der Waals surface area contributed by atoms with Gasteiger partial charge in [0.1, 0.15) is 11.3 Å². The van der Waals surface area contributed by atoms with Gasteiger partial charge in [-0.15, -0.1) is 16.4 Å². The van der Waals surface area contributed by atoms with Gasteiger partial charge < -0.3 is 15.5 Å². The van der Waals surface area contributed by atoms with Gasteiger partial charge in [-0.3, -0.25) is 0 Å². The summed E-state index contributed by atoms with van der Waals surface area (Å²) in [4.78, 5) is 1.20. The Balaban J connectivity index is 1.91. The highest BCUT2D eigenvalue weighted by atomic mass is 79.9. The Morgan fingerprint density at radius 2 is 2.38 bits per heavy atom. The van der Waals surface area contributed by atoms with Crippen molar-refractivity contribution < 1.29 is 4.42 Å². The molecule has 0 aliphatic rings. The van der Waals surface area contributed by atoms with Crippen LogP contribution in [-0.4, -0.2) is 16.2 Å². The summed E-state index contributed by atoms with van der Waals surface area (Å²) in [5, 5.41) is 11.6. The third-order valence-electron chi connectivity index (χ3n) is 3.02. The molecular weight excluding hydrogens is 352 g/mol. The fraction of sp³-hybridized carbons (Fsp3) is 0.286. The summed E-state index contributed by atoms with van der Waals surface area (Å²) in [5.41, 5.74) is 7.73. The molecule has 0 fully saturated rings. The van der Waals surface area contributed by atoms with Crippen molar-refractivity contribution in [2.45, 2.75) is 25.9 Å². The lowest BCUT2D eigenvalue weighted by molar-refractivity contribution is 0.518. The molecule has 3 aromatic rings. The highest BCUT2D eigenvalue weighted by molar-refractivity contribution is 9.10. The first kappa shape index (κ1) is 14.5. The molecule has 0 aliphatic carbocycles. The number of anilines is 1. The number of hydrogen-bond acceptors (Lipinski definition) is 6. The molecule has 3 rings (SSSR count). The zero-order chi connectivity index (χ0) is 14.8. The van der Waals surface area contributed by atoms with Gasteiger partial charge in [0.2, 0.25) is 0 Å². The van der Waals surface area contributed by atoms with Gasteiger partial charge >= 0.3 is 0 Å². The first-order valence-corrected chi connectivity index (χ1v) is 8.20. The van der Waals surface area contributed by atoms with Crippen molar-refractivity contribution >= 4 is 43.2 Å². The molecule has 0 amide bonds. The van der Waals surface area contributed by atoms with Gasteiger partial charge in [-0.25, -0.2) is 0 Å². The number of fused-ring (bicyclic) bond motifs is 1. The van der Waals surface area contributed by atoms with Crippen molar-refractivity contribution in [2.75, 3.05) is 5.32 Å². The Morgan fingerprint density at radius 1 is 1.52 bits per heavy atom. The summed E-state index contributed by atoms with van der Waals surface area (Å²) in [6.07, 6.45) is 4.23. The molecule has 110 valence electrons. The maximum Gasteiger partial charge on any atom is 0.122 e. The smallest absolute Gasteiger partial charge is 0.122 e. The summed E-state index contributed by atoms with van der Waals surface area (Å²) < 4.78 is 7.40. The SMILES string of the molecule is C[C@H](N)Cc1sc2c(NCc3ccco3)cnnc2c1Br. The summed E-state index contributed by atoms with van der Waals surface area (Å²) >= 11 is 5.30. The summed E-state index contributed by atoms with van der Waals surface area (Å²) in [6, 6.07) is 3.92. The molecule has 0 saturated carbocycles. The number of rotatable bonds is 5. The van der Waals surface area contributed by atoms with Crippen LogP contribution in [0, 0.1) is 0 Å². The van der Waals surface area contributed by atoms with Crippen molar-refractivity contribution in [2.24, 2.45) is 5.73 Å². The molecule has 0 spiro atoms. The van der Waals surface area contributed by atoms with Crippen LogP contribution in [0.3, 0.4) is 0 Å². The Hall–Kier alpha value is -1.44. The van der Waals surface area contributed by atoms with Crippen molar-refractivity contribution in [3.8, 4) is 0 Å². The van der Waals surface area contributed by atoms with Crippen LogP contribution in [0.1, 0.15) is 17.6 Å². The highest BCUT2D eigenvalue weighted by Gasteiger charge is 2.15. The van der Waals surface area contributed by atoms with Crippen molar-refractivity contribution in [1.82, 2.24) is 10.2 Å². The lowest BCUT2D eigenvalue weighted by atomic mass is 10.2. The Labute approximate surface area is 134 Å².